The lowest BCUT2D eigenvalue weighted by molar-refractivity contribution is 0.0940. The molecule has 0 aromatic heterocycles. The van der Waals surface area contributed by atoms with Gasteiger partial charge in [-0.25, -0.2) is 17.9 Å². The van der Waals surface area contributed by atoms with Crippen LogP contribution in [0.15, 0.2) is 17.0 Å². The number of carbonyl (C=O) groups is 1. The van der Waals surface area contributed by atoms with Crippen molar-refractivity contribution in [3.05, 3.63) is 29.1 Å². The van der Waals surface area contributed by atoms with Gasteiger partial charge in [0.25, 0.3) is 5.91 Å². The Morgan fingerprint density at radius 2 is 2.24 bits per heavy atom. The van der Waals surface area contributed by atoms with Crippen LogP contribution in [-0.2, 0) is 14.8 Å². The molecule has 1 aromatic carbocycles. The third kappa shape index (κ3) is 3.78. The minimum atomic E-state index is -4.00. The summed E-state index contributed by atoms with van der Waals surface area (Å²) in [4.78, 5) is 11.7. The predicted molar refractivity (Wildman–Crippen MR) is 73.8 cm³/mol. The van der Waals surface area contributed by atoms with Crippen molar-refractivity contribution >= 4 is 15.9 Å². The monoisotopic (exact) mass is 316 g/mol. The normalized spacial score (nSPS) is 18.7. The lowest BCUT2D eigenvalue weighted by Gasteiger charge is -2.12. The number of nitrogens with one attached hydrogen (secondary N) is 1. The molecule has 0 spiro atoms. The molecule has 1 aliphatic rings. The van der Waals surface area contributed by atoms with E-state index in [4.69, 9.17) is 9.88 Å². The Kier molecular flexibility index (Phi) is 4.60. The fraction of sp³-hybridized carbons (Fsp3) is 0.462. The van der Waals surface area contributed by atoms with Gasteiger partial charge in [-0.05, 0) is 31.0 Å². The van der Waals surface area contributed by atoms with Crippen LogP contribution in [0.5, 0.6) is 0 Å². The van der Waals surface area contributed by atoms with E-state index >= 15 is 0 Å². The number of amides is 1. The van der Waals surface area contributed by atoms with Crippen molar-refractivity contribution in [1.82, 2.24) is 5.32 Å². The molecule has 1 aromatic rings. The number of benzene rings is 1. The third-order valence-corrected chi connectivity index (χ3v) is 4.44. The van der Waals surface area contributed by atoms with Gasteiger partial charge in [0.2, 0.25) is 10.0 Å². The Hall–Kier alpha value is -1.51. The van der Waals surface area contributed by atoms with Crippen LogP contribution < -0.4 is 10.5 Å². The topological polar surface area (TPSA) is 98.5 Å². The molecule has 0 saturated carbocycles. The first-order valence-electron chi connectivity index (χ1n) is 6.48. The van der Waals surface area contributed by atoms with Gasteiger partial charge in [0.1, 0.15) is 5.82 Å². The highest BCUT2D eigenvalue weighted by molar-refractivity contribution is 7.89. The predicted octanol–water partition coefficient (Wildman–Crippen LogP) is 0.548. The van der Waals surface area contributed by atoms with E-state index in [-0.39, 0.29) is 21.9 Å². The molecule has 0 radical (unpaired) electrons. The fourth-order valence-corrected chi connectivity index (χ4v) is 3.00. The number of hydrogen-bond acceptors (Lipinski definition) is 4. The number of nitrogens with two attached hydrogens (primary N) is 1. The van der Waals surface area contributed by atoms with Gasteiger partial charge < -0.3 is 10.1 Å². The molecular formula is C13H17FN2O4S. The first-order valence-corrected chi connectivity index (χ1v) is 8.02. The molecule has 0 aliphatic carbocycles. The molecule has 0 bridgehead atoms. The highest BCUT2D eigenvalue weighted by Crippen LogP contribution is 2.19. The van der Waals surface area contributed by atoms with Gasteiger partial charge in [0.05, 0.1) is 17.1 Å². The lowest BCUT2D eigenvalue weighted by Crippen LogP contribution is -2.30. The third-order valence-electron chi connectivity index (χ3n) is 3.39. The van der Waals surface area contributed by atoms with E-state index in [0.29, 0.717) is 19.8 Å². The Labute approximate surface area is 122 Å². The molecule has 21 heavy (non-hydrogen) atoms. The number of halogens is 1. The Bertz CT molecular complexity index is 654. The highest BCUT2D eigenvalue weighted by Gasteiger charge is 2.21. The van der Waals surface area contributed by atoms with Gasteiger partial charge in [-0.3, -0.25) is 4.79 Å². The van der Waals surface area contributed by atoms with E-state index in [0.717, 1.165) is 18.6 Å². The van der Waals surface area contributed by atoms with Gasteiger partial charge in [-0.15, -0.1) is 0 Å². The van der Waals surface area contributed by atoms with E-state index in [9.17, 15) is 17.6 Å². The summed E-state index contributed by atoms with van der Waals surface area (Å²) in [6.45, 7) is 2.98. The van der Waals surface area contributed by atoms with Gasteiger partial charge in [-0.1, -0.05) is 0 Å². The maximum Gasteiger partial charge on any atom is 0.254 e. The summed E-state index contributed by atoms with van der Waals surface area (Å²) in [5.74, 6) is -1.25. The molecule has 1 saturated heterocycles. The molecule has 1 heterocycles. The minimum absolute atomic E-state index is 0.163. The quantitative estimate of drug-likeness (QED) is 0.847. The summed E-state index contributed by atoms with van der Waals surface area (Å²) < 4.78 is 41.9. The molecule has 6 nitrogen and oxygen atoms in total. The van der Waals surface area contributed by atoms with Crippen LogP contribution in [0, 0.1) is 18.7 Å². The second kappa shape index (κ2) is 6.08. The molecule has 1 atom stereocenters. The van der Waals surface area contributed by atoms with E-state index in [1.807, 2.05) is 0 Å². The SMILES string of the molecule is Cc1cc(F)c(C(=O)NCC2CCOC2)cc1S(N)(=O)=O. The summed E-state index contributed by atoms with van der Waals surface area (Å²) in [6.07, 6.45) is 0.832. The first kappa shape index (κ1) is 15.9. The molecule has 1 aliphatic heterocycles. The molecular weight excluding hydrogens is 299 g/mol. The van der Waals surface area contributed by atoms with Crippen molar-refractivity contribution in [1.29, 1.82) is 0 Å². The van der Waals surface area contributed by atoms with Gasteiger partial charge in [-0.2, -0.15) is 0 Å². The summed E-state index contributed by atoms with van der Waals surface area (Å²) in [5, 5.41) is 7.64. The van der Waals surface area contributed by atoms with Gasteiger partial charge in [0, 0.05) is 19.1 Å². The van der Waals surface area contributed by atoms with Crippen molar-refractivity contribution in [2.45, 2.75) is 18.2 Å². The second-order valence-electron chi connectivity index (χ2n) is 5.08. The Morgan fingerprint density at radius 3 is 2.81 bits per heavy atom. The number of hydrogen-bond donors (Lipinski definition) is 2. The van der Waals surface area contributed by atoms with Crippen LogP contribution in [0.2, 0.25) is 0 Å². The van der Waals surface area contributed by atoms with Gasteiger partial charge in [0.15, 0.2) is 0 Å². The van der Waals surface area contributed by atoms with Crippen molar-refractivity contribution in [2.24, 2.45) is 11.1 Å². The number of aryl methyl sites for hydroxylation is 1. The number of primary sulfonamides is 1. The average Bonchev–Trinajstić information content (AvgIpc) is 2.87. The summed E-state index contributed by atoms with van der Waals surface area (Å²) in [6, 6.07) is 1.97. The maximum absolute atomic E-state index is 13.8. The zero-order valence-electron chi connectivity index (χ0n) is 11.6. The number of rotatable bonds is 4. The van der Waals surface area contributed by atoms with Crippen molar-refractivity contribution in [2.75, 3.05) is 19.8 Å². The average molecular weight is 316 g/mol. The summed E-state index contributed by atoms with van der Waals surface area (Å²) in [7, 11) is -4.00. The molecule has 116 valence electrons. The maximum atomic E-state index is 13.8. The number of ether oxygens (including phenoxy) is 1. The lowest BCUT2D eigenvalue weighted by atomic mass is 10.1. The van der Waals surface area contributed by atoms with Crippen LogP contribution in [0.4, 0.5) is 4.39 Å². The van der Waals surface area contributed by atoms with Crippen LogP contribution in [-0.4, -0.2) is 34.1 Å². The van der Waals surface area contributed by atoms with Crippen molar-refractivity contribution in [3.63, 3.8) is 0 Å². The molecule has 1 fully saturated rings. The van der Waals surface area contributed by atoms with Gasteiger partial charge >= 0.3 is 0 Å². The van der Waals surface area contributed by atoms with Crippen LogP contribution in [0.1, 0.15) is 22.3 Å². The fourth-order valence-electron chi connectivity index (χ4n) is 2.21. The second-order valence-corrected chi connectivity index (χ2v) is 6.61. The zero-order valence-corrected chi connectivity index (χ0v) is 12.4. The number of sulfonamides is 1. The molecule has 2 rings (SSSR count). The highest BCUT2D eigenvalue weighted by atomic mass is 32.2. The first-order chi connectivity index (χ1) is 9.79. The standard InChI is InChI=1S/C13H17FN2O4S/c1-8-4-11(14)10(5-12(8)21(15,18)19)13(17)16-6-9-2-3-20-7-9/h4-5,9H,2-3,6-7H2,1H3,(H,16,17)(H2,15,18,19). The molecule has 3 N–H and O–H groups in total. The molecule has 8 heteroatoms. The largest absolute Gasteiger partial charge is 0.381 e. The van der Waals surface area contributed by atoms with E-state index < -0.39 is 21.7 Å². The van der Waals surface area contributed by atoms with Crippen molar-refractivity contribution < 1.29 is 22.3 Å². The summed E-state index contributed by atoms with van der Waals surface area (Å²) >= 11 is 0. The van der Waals surface area contributed by atoms with E-state index in [2.05, 4.69) is 5.32 Å². The molecule has 1 unspecified atom stereocenters. The summed E-state index contributed by atoms with van der Waals surface area (Å²) in [5.41, 5.74) is -0.167. The van der Waals surface area contributed by atoms with Crippen LogP contribution in [0.3, 0.4) is 0 Å². The Morgan fingerprint density at radius 1 is 1.52 bits per heavy atom. The van der Waals surface area contributed by atoms with E-state index in [1.54, 1.807) is 0 Å². The minimum Gasteiger partial charge on any atom is -0.381 e. The number of carbonyl (C=O) groups excluding carboxylic acids is 1. The zero-order chi connectivity index (χ0) is 15.6. The Balaban J connectivity index is 2.20. The molecule has 1 amide bonds. The van der Waals surface area contributed by atoms with Crippen molar-refractivity contribution in [3.8, 4) is 0 Å². The van der Waals surface area contributed by atoms with Crippen LogP contribution >= 0.6 is 0 Å². The van der Waals surface area contributed by atoms with Crippen LogP contribution in [0.25, 0.3) is 0 Å². The smallest absolute Gasteiger partial charge is 0.254 e. The van der Waals surface area contributed by atoms with E-state index in [1.165, 1.54) is 6.92 Å².